The third kappa shape index (κ3) is 0.968. The van der Waals surface area contributed by atoms with E-state index in [9.17, 15) is 0 Å². The van der Waals surface area contributed by atoms with E-state index in [2.05, 4.69) is 4.98 Å². The first-order chi connectivity index (χ1) is 5.29. The summed E-state index contributed by atoms with van der Waals surface area (Å²) in [6, 6.07) is 3.64. The van der Waals surface area contributed by atoms with Crippen molar-refractivity contribution in [3.05, 3.63) is 22.7 Å². The minimum absolute atomic E-state index is 0.614. The van der Waals surface area contributed by atoms with Crippen molar-refractivity contribution >= 4 is 38.8 Å². The van der Waals surface area contributed by atoms with Crippen LogP contribution in [0.3, 0.4) is 0 Å². The number of hydrogen-bond donors (Lipinski definition) is 1. The zero-order valence-corrected chi connectivity index (χ0v) is 7.12. The van der Waals surface area contributed by atoms with Crippen LogP contribution in [-0.4, -0.2) is 4.98 Å². The molecule has 0 aliphatic heterocycles. The molecule has 2 aromatic rings. The SMILES string of the molecule is Nc1ccc2ncsc2c1Cl. The van der Waals surface area contributed by atoms with Crippen LogP contribution in [0.2, 0.25) is 5.02 Å². The smallest absolute Gasteiger partial charge is 0.0829 e. The normalized spacial score (nSPS) is 10.6. The van der Waals surface area contributed by atoms with Crippen molar-refractivity contribution in [3.63, 3.8) is 0 Å². The van der Waals surface area contributed by atoms with Gasteiger partial charge < -0.3 is 5.73 Å². The molecule has 0 fully saturated rings. The Morgan fingerprint density at radius 1 is 1.45 bits per heavy atom. The molecule has 0 spiro atoms. The lowest BCUT2D eigenvalue weighted by Crippen LogP contribution is -1.84. The first kappa shape index (κ1) is 6.88. The molecule has 1 aromatic heterocycles. The van der Waals surface area contributed by atoms with Gasteiger partial charge in [0.2, 0.25) is 0 Å². The van der Waals surface area contributed by atoms with Crippen molar-refractivity contribution in [2.24, 2.45) is 0 Å². The monoisotopic (exact) mass is 184 g/mol. The van der Waals surface area contributed by atoms with Crippen LogP contribution in [0, 0.1) is 0 Å². The van der Waals surface area contributed by atoms with E-state index >= 15 is 0 Å². The van der Waals surface area contributed by atoms with E-state index in [1.165, 1.54) is 11.3 Å². The Morgan fingerprint density at radius 3 is 3.09 bits per heavy atom. The fourth-order valence-electron chi connectivity index (χ4n) is 0.911. The Balaban J connectivity index is 2.93. The standard InChI is InChI=1S/C7H5ClN2S/c8-6-4(9)1-2-5-7(6)11-3-10-5/h1-3H,9H2. The summed E-state index contributed by atoms with van der Waals surface area (Å²) >= 11 is 7.42. The maximum absolute atomic E-state index is 5.91. The van der Waals surface area contributed by atoms with E-state index in [1.807, 2.05) is 6.07 Å². The van der Waals surface area contributed by atoms with Crippen LogP contribution in [0.5, 0.6) is 0 Å². The number of hydrogen-bond acceptors (Lipinski definition) is 3. The van der Waals surface area contributed by atoms with Crippen molar-refractivity contribution in [1.29, 1.82) is 0 Å². The molecule has 0 radical (unpaired) electrons. The minimum atomic E-state index is 0.614. The predicted octanol–water partition coefficient (Wildman–Crippen LogP) is 2.53. The van der Waals surface area contributed by atoms with Crippen LogP contribution in [0.4, 0.5) is 5.69 Å². The highest BCUT2D eigenvalue weighted by atomic mass is 35.5. The maximum Gasteiger partial charge on any atom is 0.0829 e. The van der Waals surface area contributed by atoms with Crippen LogP contribution < -0.4 is 5.73 Å². The molecule has 4 heteroatoms. The number of aromatic nitrogens is 1. The van der Waals surface area contributed by atoms with E-state index in [0.29, 0.717) is 10.7 Å². The summed E-state index contributed by atoms with van der Waals surface area (Å²) in [5.41, 5.74) is 8.88. The quantitative estimate of drug-likeness (QED) is 0.639. The molecule has 0 atom stereocenters. The fourth-order valence-corrected chi connectivity index (χ4v) is 1.94. The van der Waals surface area contributed by atoms with Gasteiger partial charge in [0.25, 0.3) is 0 Å². The minimum Gasteiger partial charge on any atom is -0.397 e. The molecule has 2 nitrogen and oxygen atoms in total. The van der Waals surface area contributed by atoms with Gasteiger partial charge in [0.1, 0.15) is 0 Å². The van der Waals surface area contributed by atoms with Gasteiger partial charge in [-0.3, -0.25) is 0 Å². The molecule has 0 aliphatic carbocycles. The summed E-state index contributed by atoms with van der Waals surface area (Å²) in [6.45, 7) is 0. The van der Waals surface area contributed by atoms with Gasteiger partial charge in [-0.05, 0) is 12.1 Å². The van der Waals surface area contributed by atoms with E-state index in [-0.39, 0.29) is 0 Å². The van der Waals surface area contributed by atoms with Crippen molar-refractivity contribution in [3.8, 4) is 0 Å². The molecule has 56 valence electrons. The van der Waals surface area contributed by atoms with Crippen molar-refractivity contribution in [2.45, 2.75) is 0 Å². The van der Waals surface area contributed by atoms with Gasteiger partial charge >= 0.3 is 0 Å². The summed E-state index contributed by atoms with van der Waals surface area (Å²) in [4.78, 5) is 4.10. The molecule has 1 aromatic carbocycles. The van der Waals surface area contributed by atoms with Gasteiger partial charge in [0.15, 0.2) is 0 Å². The first-order valence-corrected chi connectivity index (χ1v) is 4.32. The molecule has 0 amide bonds. The highest BCUT2D eigenvalue weighted by Gasteiger charge is 2.03. The lowest BCUT2D eigenvalue weighted by molar-refractivity contribution is 1.50. The number of anilines is 1. The molecular formula is C7H5ClN2S. The van der Waals surface area contributed by atoms with Crippen molar-refractivity contribution in [2.75, 3.05) is 5.73 Å². The van der Waals surface area contributed by atoms with Gasteiger partial charge in [0.05, 0.1) is 26.4 Å². The van der Waals surface area contributed by atoms with E-state index < -0.39 is 0 Å². The molecular weight excluding hydrogens is 180 g/mol. The first-order valence-electron chi connectivity index (χ1n) is 3.06. The van der Waals surface area contributed by atoms with Gasteiger partial charge in [0, 0.05) is 0 Å². The number of fused-ring (bicyclic) bond motifs is 1. The van der Waals surface area contributed by atoms with E-state index in [0.717, 1.165) is 10.2 Å². The number of nitrogens with zero attached hydrogens (tertiary/aromatic N) is 1. The zero-order valence-electron chi connectivity index (χ0n) is 5.54. The van der Waals surface area contributed by atoms with Crippen LogP contribution >= 0.6 is 22.9 Å². The molecule has 11 heavy (non-hydrogen) atoms. The number of thiazole rings is 1. The zero-order chi connectivity index (χ0) is 7.84. The molecule has 2 N–H and O–H groups in total. The third-order valence-electron chi connectivity index (χ3n) is 1.47. The lowest BCUT2D eigenvalue weighted by Gasteiger charge is -1.95. The average Bonchev–Trinajstić information content (AvgIpc) is 2.45. The van der Waals surface area contributed by atoms with E-state index in [4.69, 9.17) is 17.3 Å². The number of nitrogen functional groups attached to an aromatic ring is 1. The Kier molecular flexibility index (Phi) is 1.47. The largest absolute Gasteiger partial charge is 0.397 e. The number of rotatable bonds is 0. The highest BCUT2D eigenvalue weighted by molar-refractivity contribution is 7.17. The topological polar surface area (TPSA) is 38.9 Å². The number of nitrogens with two attached hydrogens (primary N) is 1. The van der Waals surface area contributed by atoms with Gasteiger partial charge in [-0.15, -0.1) is 11.3 Å². The number of halogens is 1. The molecule has 0 aliphatic rings. The lowest BCUT2D eigenvalue weighted by atomic mass is 10.3. The summed E-state index contributed by atoms with van der Waals surface area (Å²) in [7, 11) is 0. The third-order valence-corrected chi connectivity index (χ3v) is 2.85. The summed E-state index contributed by atoms with van der Waals surface area (Å²) < 4.78 is 0.965. The van der Waals surface area contributed by atoms with Gasteiger partial charge in [-0.1, -0.05) is 11.6 Å². The van der Waals surface area contributed by atoms with Crippen LogP contribution in [0.25, 0.3) is 10.2 Å². The van der Waals surface area contributed by atoms with Crippen LogP contribution in [-0.2, 0) is 0 Å². The Bertz CT molecular complexity index is 396. The van der Waals surface area contributed by atoms with Crippen LogP contribution in [0.15, 0.2) is 17.6 Å². The van der Waals surface area contributed by atoms with Crippen molar-refractivity contribution < 1.29 is 0 Å². The fraction of sp³-hybridized carbons (Fsp3) is 0. The Morgan fingerprint density at radius 2 is 2.27 bits per heavy atom. The van der Waals surface area contributed by atoms with E-state index in [1.54, 1.807) is 11.6 Å². The van der Waals surface area contributed by atoms with Gasteiger partial charge in [-0.25, -0.2) is 4.98 Å². The second-order valence-corrected chi connectivity index (χ2v) is 3.40. The maximum atomic E-state index is 5.91. The highest BCUT2D eigenvalue weighted by Crippen LogP contribution is 2.30. The molecule has 1 heterocycles. The average molecular weight is 185 g/mol. The molecule has 0 unspecified atom stereocenters. The Labute approximate surface area is 72.6 Å². The summed E-state index contributed by atoms with van der Waals surface area (Å²) in [5, 5.41) is 0.616. The molecule has 0 bridgehead atoms. The Hall–Kier alpha value is -0.800. The summed E-state index contributed by atoms with van der Waals surface area (Å²) in [5.74, 6) is 0. The molecule has 0 saturated heterocycles. The molecule has 2 rings (SSSR count). The van der Waals surface area contributed by atoms with Crippen molar-refractivity contribution in [1.82, 2.24) is 4.98 Å². The summed E-state index contributed by atoms with van der Waals surface area (Å²) in [6.07, 6.45) is 0. The second-order valence-electron chi connectivity index (χ2n) is 2.17. The number of benzene rings is 1. The second kappa shape index (κ2) is 2.36. The molecule has 0 saturated carbocycles. The van der Waals surface area contributed by atoms with Gasteiger partial charge in [-0.2, -0.15) is 0 Å². The van der Waals surface area contributed by atoms with Crippen LogP contribution in [0.1, 0.15) is 0 Å². The predicted molar refractivity (Wildman–Crippen MR) is 49.0 cm³/mol.